The normalized spacial score (nSPS) is 13.0. The van der Waals surface area contributed by atoms with Crippen LogP contribution in [-0.4, -0.2) is 10.9 Å². The number of aromatic nitrogens is 1. The second-order valence-electron chi connectivity index (χ2n) is 4.83. The standard InChI is InChI=1S/C14H14F3N3OS/c1-7-5-9(3-4-10(7)14(15,16)17)20-12(21)11-6-19-13(22-11)8(2)18/h3-6,8H,18H2,1-2H3,(H,20,21). The Morgan fingerprint density at radius 2 is 2.09 bits per heavy atom. The van der Waals surface area contributed by atoms with E-state index in [-0.39, 0.29) is 11.6 Å². The minimum atomic E-state index is -4.41. The molecule has 2 rings (SSSR count). The minimum Gasteiger partial charge on any atom is -0.322 e. The summed E-state index contributed by atoms with van der Waals surface area (Å²) in [6.45, 7) is 3.10. The Bertz CT molecular complexity index is 695. The average Bonchev–Trinajstić information content (AvgIpc) is 2.86. The quantitative estimate of drug-likeness (QED) is 0.901. The Morgan fingerprint density at radius 1 is 1.41 bits per heavy atom. The van der Waals surface area contributed by atoms with Crippen molar-refractivity contribution in [2.24, 2.45) is 5.73 Å². The number of halogens is 3. The van der Waals surface area contributed by atoms with Crippen molar-refractivity contribution in [2.75, 3.05) is 5.32 Å². The van der Waals surface area contributed by atoms with Gasteiger partial charge in [0.05, 0.1) is 17.8 Å². The summed E-state index contributed by atoms with van der Waals surface area (Å²) in [6.07, 6.45) is -3.01. The number of anilines is 1. The summed E-state index contributed by atoms with van der Waals surface area (Å²) in [5.74, 6) is -0.427. The Labute approximate surface area is 129 Å². The van der Waals surface area contributed by atoms with Crippen LogP contribution >= 0.6 is 11.3 Å². The van der Waals surface area contributed by atoms with E-state index in [2.05, 4.69) is 10.3 Å². The number of hydrogen-bond donors (Lipinski definition) is 2. The lowest BCUT2D eigenvalue weighted by atomic mass is 10.1. The van der Waals surface area contributed by atoms with Crippen LogP contribution in [0.3, 0.4) is 0 Å². The third-order valence-electron chi connectivity index (χ3n) is 2.93. The van der Waals surface area contributed by atoms with Gasteiger partial charge >= 0.3 is 6.18 Å². The zero-order valence-electron chi connectivity index (χ0n) is 11.9. The molecule has 1 heterocycles. The van der Waals surface area contributed by atoms with Gasteiger partial charge < -0.3 is 11.1 Å². The molecule has 0 saturated heterocycles. The topological polar surface area (TPSA) is 68.0 Å². The van der Waals surface area contributed by atoms with Gasteiger partial charge in [0.15, 0.2) is 0 Å². The molecule has 3 N–H and O–H groups in total. The maximum absolute atomic E-state index is 12.7. The van der Waals surface area contributed by atoms with Crippen LogP contribution in [0.15, 0.2) is 24.4 Å². The Hall–Kier alpha value is -1.93. The predicted molar refractivity (Wildman–Crippen MR) is 78.9 cm³/mol. The summed E-state index contributed by atoms with van der Waals surface area (Å²) in [6, 6.07) is 3.18. The monoisotopic (exact) mass is 329 g/mol. The Morgan fingerprint density at radius 3 is 2.59 bits per heavy atom. The molecule has 0 fully saturated rings. The summed E-state index contributed by atoms with van der Waals surface area (Å²) >= 11 is 1.15. The molecule has 0 aliphatic heterocycles. The van der Waals surface area contributed by atoms with Crippen molar-refractivity contribution >= 4 is 22.9 Å². The van der Waals surface area contributed by atoms with E-state index in [0.29, 0.717) is 15.6 Å². The number of nitrogens with zero attached hydrogens (tertiary/aromatic N) is 1. The molecule has 0 aliphatic carbocycles. The van der Waals surface area contributed by atoms with E-state index in [0.717, 1.165) is 17.4 Å². The molecule has 0 aliphatic rings. The number of alkyl halides is 3. The molecule has 4 nitrogen and oxygen atoms in total. The molecule has 1 amide bonds. The summed E-state index contributed by atoms with van der Waals surface area (Å²) in [4.78, 5) is 16.4. The van der Waals surface area contributed by atoms with E-state index < -0.39 is 17.6 Å². The van der Waals surface area contributed by atoms with Gasteiger partial charge in [-0.1, -0.05) is 0 Å². The molecule has 0 radical (unpaired) electrons. The number of thiazole rings is 1. The fourth-order valence-corrected chi connectivity index (χ4v) is 2.62. The van der Waals surface area contributed by atoms with Gasteiger partial charge in [-0.05, 0) is 37.6 Å². The highest BCUT2D eigenvalue weighted by molar-refractivity contribution is 7.13. The van der Waals surface area contributed by atoms with Crippen molar-refractivity contribution in [2.45, 2.75) is 26.1 Å². The number of nitrogens with one attached hydrogen (secondary N) is 1. The number of carbonyl (C=O) groups is 1. The second kappa shape index (κ2) is 6.05. The Balaban J connectivity index is 2.16. The van der Waals surface area contributed by atoms with Gasteiger partial charge in [-0.3, -0.25) is 4.79 Å². The molecular formula is C14H14F3N3OS. The van der Waals surface area contributed by atoms with E-state index in [1.165, 1.54) is 25.3 Å². The van der Waals surface area contributed by atoms with Crippen LogP contribution < -0.4 is 11.1 Å². The van der Waals surface area contributed by atoms with Gasteiger partial charge in [-0.15, -0.1) is 11.3 Å². The average molecular weight is 329 g/mol. The number of hydrogen-bond acceptors (Lipinski definition) is 4. The summed E-state index contributed by atoms with van der Waals surface area (Å²) in [5.41, 5.74) is 5.29. The molecule has 2 aromatic rings. The van der Waals surface area contributed by atoms with Crippen molar-refractivity contribution in [1.82, 2.24) is 4.98 Å². The van der Waals surface area contributed by atoms with E-state index in [1.54, 1.807) is 6.92 Å². The smallest absolute Gasteiger partial charge is 0.322 e. The Kier molecular flexibility index (Phi) is 4.52. The molecule has 22 heavy (non-hydrogen) atoms. The zero-order chi connectivity index (χ0) is 16.5. The molecule has 118 valence electrons. The predicted octanol–water partition coefficient (Wildman–Crippen LogP) is 3.74. The number of aryl methyl sites for hydroxylation is 1. The van der Waals surface area contributed by atoms with Gasteiger partial charge in [-0.2, -0.15) is 13.2 Å². The van der Waals surface area contributed by atoms with Crippen LogP contribution in [0.4, 0.5) is 18.9 Å². The third-order valence-corrected chi connectivity index (χ3v) is 4.12. The lowest BCUT2D eigenvalue weighted by Crippen LogP contribution is -2.12. The highest BCUT2D eigenvalue weighted by Crippen LogP contribution is 2.33. The molecule has 8 heteroatoms. The van der Waals surface area contributed by atoms with Crippen LogP contribution in [0.1, 0.15) is 38.8 Å². The van der Waals surface area contributed by atoms with Crippen LogP contribution in [0.2, 0.25) is 0 Å². The number of rotatable bonds is 3. The first-order valence-electron chi connectivity index (χ1n) is 6.39. The summed E-state index contributed by atoms with van der Waals surface area (Å²) in [5, 5.41) is 3.17. The highest BCUT2D eigenvalue weighted by Gasteiger charge is 2.32. The second-order valence-corrected chi connectivity index (χ2v) is 5.90. The van der Waals surface area contributed by atoms with E-state index in [4.69, 9.17) is 5.73 Å². The van der Waals surface area contributed by atoms with Gasteiger partial charge in [0.1, 0.15) is 9.88 Å². The molecule has 1 aromatic heterocycles. The molecule has 0 bridgehead atoms. The summed E-state index contributed by atoms with van der Waals surface area (Å²) in [7, 11) is 0. The van der Waals surface area contributed by atoms with Gasteiger partial charge in [0.2, 0.25) is 0 Å². The molecule has 0 spiro atoms. The fraction of sp³-hybridized carbons (Fsp3) is 0.286. The van der Waals surface area contributed by atoms with Gasteiger partial charge in [0, 0.05) is 5.69 Å². The zero-order valence-corrected chi connectivity index (χ0v) is 12.7. The lowest BCUT2D eigenvalue weighted by molar-refractivity contribution is -0.138. The molecular weight excluding hydrogens is 315 g/mol. The van der Waals surface area contributed by atoms with Crippen molar-refractivity contribution < 1.29 is 18.0 Å². The highest BCUT2D eigenvalue weighted by atomic mass is 32.1. The van der Waals surface area contributed by atoms with Crippen LogP contribution in [0.5, 0.6) is 0 Å². The fourth-order valence-electron chi connectivity index (χ4n) is 1.86. The first kappa shape index (κ1) is 16.4. The first-order valence-corrected chi connectivity index (χ1v) is 7.20. The molecule has 1 unspecified atom stereocenters. The maximum atomic E-state index is 12.7. The van der Waals surface area contributed by atoms with Gasteiger partial charge in [-0.25, -0.2) is 4.98 Å². The van der Waals surface area contributed by atoms with Gasteiger partial charge in [0.25, 0.3) is 5.91 Å². The minimum absolute atomic E-state index is 0.0471. The van der Waals surface area contributed by atoms with E-state index in [1.807, 2.05) is 0 Å². The maximum Gasteiger partial charge on any atom is 0.416 e. The van der Waals surface area contributed by atoms with Crippen LogP contribution in [0, 0.1) is 6.92 Å². The SMILES string of the molecule is Cc1cc(NC(=O)c2cnc(C(C)N)s2)ccc1C(F)(F)F. The number of amides is 1. The van der Waals surface area contributed by atoms with Crippen molar-refractivity contribution in [3.8, 4) is 0 Å². The van der Waals surface area contributed by atoms with Crippen LogP contribution in [0.25, 0.3) is 0 Å². The van der Waals surface area contributed by atoms with E-state index >= 15 is 0 Å². The molecule has 1 aromatic carbocycles. The lowest BCUT2D eigenvalue weighted by Gasteiger charge is -2.12. The number of carbonyl (C=O) groups excluding carboxylic acids is 1. The number of benzene rings is 1. The number of nitrogens with two attached hydrogens (primary N) is 1. The molecule has 0 saturated carbocycles. The summed E-state index contributed by atoms with van der Waals surface area (Å²) < 4.78 is 38.0. The molecule has 1 atom stereocenters. The largest absolute Gasteiger partial charge is 0.416 e. The first-order chi connectivity index (χ1) is 10.2. The van der Waals surface area contributed by atoms with E-state index in [9.17, 15) is 18.0 Å². The third kappa shape index (κ3) is 3.63. The van der Waals surface area contributed by atoms with Crippen LogP contribution in [-0.2, 0) is 6.18 Å². The van der Waals surface area contributed by atoms with Crippen molar-refractivity contribution in [1.29, 1.82) is 0 Å². The van der Waals surface area contributed by atoms with Crippen molar-refractivity contribution in [3.05, 3.63) is 45.4 Å². The van der Waals surface area contributed by atoms with Crippen molar-refractivity contribution in [3.63, 3.8) is 0 Å².